The second-order valence-electron chi connectivity index (χ2n) is 4.26. The third kappa shape index (κ3) is 2.81. The number of carbonyl (C=O) groups is 2. The minimum absolute atomic E-state index is 0.112. The highest BCUT2D eigenvalue weighted by molar-refractivity contribution is 6.31. The molecule has 0 saturated heterocycles. The van der Waals surface area contributed by atoms with Crippen LogP contribution >= 0.6 is 11.6 Å². The lowest BCUT2D eigenvalue weighted by Gasteiger charge is -2.33. The maximum Gasteiger partial charge on any atom is 0.305 e. The van der Waals surface area contributed by atoms with E-state index in [0.717, 1.165) is 0 Å². The summed E-state index contributed by atoms with van der Waals surface area (Å²) in [4.78, 5) is 24.3. The molecule has 1 aliphatic rings. The van der Waals surface area contributed by atoms with Crippen molar-refractivity contribution in [3.63, 3.8) is 0 Å². The lowest BCUT2D eigenvalue weighted by Crippen LogP contribution is -2.46. The van der Waals surface area contributed by atoms with Gasteiger partial charge in [0.15, 0.2) is 6.10 Å². The zero-order chi connectivity index (χ0) is 14.0. The van der Waals surface area contributed by atoms with Crippen molar-refractivity contribution in [1.29, 1.82) is 0 Å². The van der Waals surface area contributed by atoms with Crippen molar-refractivity contribution in [3.8, 4) is 5.75 Å². The first-order chi connectivity index (χ1) is 9.02. The van der Waals surface area contributed by atoms with Crippen molar-refractivity contribution in [2.75, 3.05) is 11.4 Å². The summed E-state index contributed by atoms with van der Waals surface area (Å²) >= 11 is 5.91. The molecule has 0 radical (unpaired) electrons. The molecule has 0 aliphatic carbocycles. The van der Waals surface area contributed by atoms with E-state index < -0.39 is 12.1 Å². The summed E-state index contributed by atoms with van der Waals surface area (Å²) in [6.07, 6.45) is -0.152. The predicted octanol–water partition coefficient (Wildman–Crippen LogP) is 2.32. The summed E-state index contributed by atoms with van der Waals surface area (Å²) in [5, 5.41) is 9.24. The molecule has 1 amide bonds. The summed E-state index contributed by atoms with van der Waals surface area (Å²) in [5.41, 5.74) is 0.531. The molecule has 0 aromatic heterocycles. The maximum absolute atomic E-state index is 12.2. The second-order valence-corrected chi connectivity index (χ2v) is 4.70. The van der Waals surface area contributed by atoms with Gasteiger partial charge in [0.05, 0.1) is 12.1 Å². The third-order valence-corrected chi connectivity index (χ3v) is 3.18. The Balaban J connectivity index is 2.35. The van der Waals surface area contributed by atoms with E-state index in [2.05, 4.69) is 0 Å². The Morgan fingerprint density at radius 1 is 1.53 bits per heavy atom. The minimum Gasteiger partial charge on any atom is -0.481 e. The van der Waals surface area contributed by atoms with E-state index in [9.17, 15) is 9.59 Å². The van der Waals surface area contributed by atoms with Crippen molar-refractivity contribution >= 4 is 29.2 Å². The van der Waals surface area contributed by atoms with Gasteiger partial charge in [-0.25, -0.2) is 0 Å². The highest BCUT2D eigenvalue weighted by Crippen LogP contribution is 2.36. The van der Waals surface area contributed by atoms with Crippen LogP contribution in [0.15, 0.2) is 18.2 Å². The zero-order valence-corrected chi connectivity index (χ0v) is 11.2. The van der Waals surface area contributed by atoms with Crippen LogP contribution in [0, 0.1) is 0 Å². The van der Waals surface area contributed by atoms with Crippen molar-refractivity contribution in [1.82, 2.24) is 0 Å². The number of nitrogens with zero attached hydrogens (tertiary/aromatic N) is 1. The molecule has 19 heavy (non-hydrogen) atoms. The number of amides is 1. The van der Waals surface area contributed by atoms with Crippen LogP contribution in [0.5, 0.6) is 5.75 Å². The van der Waals surface area contributed by atoms with Gasteiger partial charge < -0.3 is 14.7 Å². The van der Waals surface area contributed by atoms with Crippen LogP contribution in [-0.2, 0) is 9.59 Å². The standard InChI is InChI=1S/C13H14ClNO4/c1-2-10-13(18)15(6-5-12(16)17)9-7-8(14)3-4-11(9)19-10/h3-4,7,10H,2,5-6H2,1H3,(H,16,17). The van der Waals surface area contributed by atoms with Gasteiger partial charge in [-0.1, -0.05) is 18.5 Å². The summed E-state index contributed by atoms with van der Waals surface area (Å²) in [6.45, 7) is 1.96. The Kier molecular flexibility index (Phi) is 3.95. The average molecular weight is 284 g/mol. The van der Waals surface area contributed by atoms with Crippen molar-refractivity contribution in [3.05, 3.63) is 23.2 Å². The molecular weight excluding hydrogens is 270 g/mol. The smallest absolute Gasteiger partial charge is 0.305 e. The predicted molar refractivity (Wildman–Crippen MR) is 70.8 cm³/mol. The third-order valence-electron chi connectivity index (χ3n) is 2.94. The van der Waals surface area contributed by atoms with Crippen LogP contribution in [0.25, 0.3) is 0 Å². The van der Waals surface area contributed by atoms with E-state index in [1.54, 1.807) is 18.2 Å². The first-order valence-electron chi connectivity index (χ1n) is 6.02. The van der Waals surface area contributed by atoms with E-state index in [4.69, 9.17) is 21.4 Å². The number of carbonyl (C=O) groups excluding carboxylic acids is 1. The first-order valence-corrected chi connectivity index (χ1v) is 6.40. The molecule has 0 spiro atoms. The van der Waals surface area contributed by atoms with Crippen LogP contribution < -0.4 is 9.64 Å². The molecule has 102 valence electrons. The average Bonchev–Trinajstić information content (AvgIpc) is 2.37. The Morgan fingerprint density at radius 2 is 2.26 bits per heavy atom. The number of halogens is 1. The Labute approximate surface area is 115 Å². The van der Waals surface area contributed by atoms with E-state index >= 15 is 0 Å². The molecule has 1 N–H and O–H groups in total. The first kappa shape index (κ1) is 13.7. The molecule has 1 heterocycles. The van der Waals surface area contributed by atoms with Gasteiger partial charge in [-0.2, -0.15) is 0 Å². The second kappa shape index (κ2) is 5.48. The number of benzene rings is 1. The molecule has 1 aromatic carbocycles. The quantitative estimate of drug-likeness (QED) is 0.921. The fraction of sp³-hybridized carbons (Fsp3) is 0.385. The Bertz CT molecular complexity index is 517. The highest BCUT2D eigenvalue weighted by atomic mass is 35.5. The SMILES string of the molecule is CCC1Oc2ccc(Cl)cc2N(CCC(=O)O)C1=O. The van der Waals surface area contributed by atoms with E-state index in [1.165, 1.54) is 4.90 Å². The summed E-state index contributed by atoms with van der Waals surface area (Å²) in [5.74, 6) is -0.615. The van der Waals surface area contributed by atoms with Crippen molar-refractivity contribution in [2.45, 2.75) is 25.9 Å². The Morgan fingerprint density at radius 3 is 2.89 bits per heavy atom. The van der Waals surface area contributed by atoms with Crippen molar-refractivity contribution in [2.24, 2.45) is 0 Å². The molecule has 5 nitrogen and oxygen atoms in total. The number of aliphatic carboxylic acids is 1. The number of ether oxygens (including phenoxy) is 1. The largest absolute Gasteiger partial charge is 0.481 e. The van der Waals surface area contributed by atoms with Gasteiger partial charge in [-0.3, -0.25) is 9.59 Å². The minimum atomic E-state index is -0.948. The summed E-state index contributed by atoms with van der Waals surface area (Å²) in [6, 6.07) is 4.99. The lowest BCUT2D eigenvalue weighted by molar-refractivity contribution is -0.136. The van der Waals surface area contributed by atoms with Crippen LogP contribution in [-0.4, -0.2) is 29.6 Å². The highest BCUT2D eigenvalue weighted by Gasteiger charge is 2.33. The van der Waals surface area contributed by atoms with Gasteiger partial charge in [0.1, 0.15) is 5.75 Å². The zero-order valence-electron chi connectivity index (χ0n) is 10.4. The number of carboxylic acid groups (broad SMARTS) is 1. The molecule has 0 saturated carbocycles. The molecule has 0 fully saturated rings. The molecular formula is C13H14ClNO4. The summed E-state index contributed by atoms with van der Waals surface area (Å²) < 4.78 is 5.59. The topological polar surface area (TPSA) is 66.8 Å². The van der Waals surface area contributed by atoms with Gasteiger partial charge in [0.25, 0.3) is 5.91 Å². The molecule has 1 aliphatic heterocycles. The fourth-order valence-corrected chi connectivity index (χ4v) is 2.16. The normalized spacial score (nSPS) is 17.9. The number of hydrogen-bond donors (Lipinski definition) is 1. The molecule has 1 aromatic rings. The molecule has 1 unspecified atom stereocenters. The number of rotatable bonds is 4. The summed E-state index contributed by atoms with van der Waals surface area (Å²) in [7, 11) is 0. The van der Waals surface area contributed by atoms with Crippen LogP contribution in [0.1, 0.15) is 19.8 Å². The van der Waals surface area contributed by atoms with E-state index in [-0.39, 0.29) is 18.9 Å². The molecule has 6 heteroatoms. The van der Waals surface area contributed by atoms with Gasteiger partial charge in [0, 0.05) is 11.6 Å². The number of fused-ring (bicyclic) bond motifs is 1. The molecule has 0 bridgehead atoms. The fourth-order valence-electron chi connectivity index (χ4n) is 1.99. The maximum atomic E-state index is 12.2. The van der Waals surface area contributed by atoms with Gasteiger partial charge >= 0.3 is 5.97 Å². The van der Waals surface area contributed by atoms with E-state index in [0.29, 0.717) is 22.9 Å². The number of anilines is 1. The lowest BCUT2D eigenvalue weighted by atomic mass is 10.1. The van der Waals surface area contributed by atoms with E-state index in [1.807, 2.05) is 6.92 Å². The number of hydrogen-bond acceptors (Lipinski definition) is 3. The Hall–Kier alpha value is -1.75. The van der Waals surface area contributed by atoms with Crippen LogP contribution in [0.2, 0.25) is 5.02 Å². The van der Waals surface area contributed by atoms with Gasteiger partial charge in [0.2, 0.25) is 0 Å². The van der Waals surface area contributed by atoms with Crippen molar-refractivity contribution < 1.29 is 19.4 Å². The van der Waals surface area contributed by atoms with Gasteiger partial charge in [-0.15, -0.1) is 0 Å². The number of carboxylic acids is 1. The monoisotopic (exact) mass is 283 g/mol. The van der Waals surface area contributed by atoms with Crippen LogP contribution in [0.3, 0.4) is 0 Å². The van der Waals surface area contributed by atoms with Gasteiger partial charge in [-0.05, 0) is 24.6 Å². The molecule has 1 atom stereocenters. The molecule has 2 rings (SSSR count). The van der Waals surface area contributed by atoms with Crippen LogP contribution in [0.4, 0.5) is 5.69 Å².